The Hall–Kier alpha value is -2.69. The Morgan fingerprint density at radius 2 is 1.92 bits per heavy atom. The Labute approximate surface area is 143 Å². The summed E-state index contributed by atoms with van der Waals surface area (Å²) < 4.78 is 0. The van der Waals surface area contributed by atoms with Gasteiger partial charge in [-0.15, -0.1) is 0 Å². The maximum atomic E-state index is 12.0. The van der Waals surface area contributed by atoms with Crippen LogP contribution >= 0.6 is 0 Å². The molecular formula is C19H24N4O. The number of aromatic nitrogens is 1. The summed E-state index contributed by atoms with van der Waals surface area (Å²) in [7, 11) is 0. The van der Waals surface area contributed by atoms with E-state index in [1.807, 2.05) is 49.4 Å². The predicted molar refractivity (Wildman–Crippen MR) is 96.7 cm³/mol. The number of guanidine groups is 1. The summed E-state index contributed by atoms with van der Waals surface area (Å²) in [6, 6.07) is 13.9. The first-order chi connectivity index (χ1) is 11.6. The van der Waals surface area contributed by atoms with Crippen LogP contribution in [0, 0.1) is 0 Å². The number of rotatable bonds is 7. The van der Waals surface area contributed by atoms with Gasteiger partial charge in [-0.25, -0.2) is 0 Å². The molecule has 24 heavy (non-hydrogen) atoms. The smallest absolute Gasteiger partial charge is 0.227 e. The molecule has 2 aromatic rings. The van der Waals surface area contributed by atoms with Crippen molar-refractivity contribution in [2.75, 3.05) is 6.54 Å². The Morgan fingerprint density at radius 1 is 1.21 bits per heavy atom. The SMILES string of the molecule is CC(CC(=O)NC(N)=NCCCc1ccncc1)c1ccccc1. The fourth-order valence-electron chi connectivity index (χ4n) is 2.44. The Kier molecular flexibility index (Phi) is 6.95. The van der Waals surface area contributed by atoms with Gasteiger partial charge in [-0.3, -0.25) is 20.1 Å². The highest BCUT2D eigenvalue weighted by molar-refractivity contribution is 5.96. The summed E-state index contributed by atoms with van der Waals surface area (Å²) >= 11 is 0. The van der Waals surface area contributed by atoms with Crippen molar-refractivity contribution in [3.63, 3.8) is 0 Å². The molecule has 0 saturated heterocycles. The summed E-state index contributed by atoms with van der Waals surface area (Å²) in [4.78, 5) is 20.2. The van der Waals surface area contributed by atoms with Crippen LogP contribution in [-0.2, 0) is 11.2 Å². The van der Waals surface area contributed by atoms with Crippen LogP contribution in [0.3, 0.4) is 0 Å². The van der Waals surface area contributed by atoms with Gasteiger partial charge in [0, 0.05) is 25.4 Å². The molecule has 126 valence electrons. The maximum absolute atomic E-state index is 12.0. The van der Waals surface area contributed by atoms with E-state index in [0.29, 0.717) is 13.0 Å². The van der Waals surface area contributed by atoms with Gasteiger partial charge in [0.2, 0.25) is 5.91 Å². The quantitative estimate of drug-likeness (QED) is 0.467. The minimum Gasteiger partial charge on any atom is -0.370 e. The van der Waals surface area contributed by atoms with E-state index in [1.165, 1.54) is 5.56 Å². The van der Waals surface area contributed by atoms with Crippen LogP contribution in [0.4, 0.5) is 0 Å². The van der Waals surface area contributed by atoms with Crippen LogP contribution in [-0.4, -0.2) is 23.4 Å². The third kappa shape index (κ3) is 6.20. The van der Waals surface area contributed by atoms with Crippen LogP contribution in [0.15, 0.2) is 59.9 Å². The summed E-state index contributed by atoms with van der Waals surface area (Å²) in [6.07, 6.45) is 5.73. The molecule has 0 spiro atoms. The van der Waals surface area contributed by atoms with Gasteiger partial charge in [0.05, 0.1) is 0 Å². The van der Waals surface area contributed by atoms with Crippen LogP contribution in [0.1, 0.15) is 36.8 Å². The van der Waals surface area contributed by atoms with Crippen molar-refractivity contribution >= 4 is 11.9 Å². The number of benzene rings is 1. The number of aliphatic imine (C=N–C) groups is 1. The number of nitrogens with one attached hydrogen (secondary N) is 1. The van der Waals surface area contributed by atoms with Gasteiger partial charge in [0.1, 0.15) is 0 Å². The van der Waals surface area contributed by atoms with E-state index in [0.717, 1.165) is 18.4 Å². The molecule has 1 aromatic carbocycles. The highest BCUT2D eigenvalue weighted by atomic mass is 16.1. The number of pyridine rings is 1. The molecule has 5 nitrogen and oxygen atoms in total. The van der Waals surface area contributed by atoms with Crippen molar-refractivity contribution in [3.8, 4) is 0 Å². The van der Waals surface area contributed by atoms with Crippen LogP contribution in [0.5, 0.6) is 0 Å². The average Bonchev–Trinajstić information content (AvgIpc) is 2.60. The van der Waals surface area contributed by atoms with Crippen molar-refractivity contribution < 1.29 is 4.79 Å². The number of hydrogen-bond donors (Lipinski definition) is 2. The lowest BCUT2D eigenvalue weighted by molar-refractivity contribution is -0.120. The van der Waals surface area contributed by atoms with Crippen molar-refractivity contribution in [3.05, 3.63) is 66.0 Å². The van der Waals surface area contributed by atoms with Crippen molar-refractivity contribution in [1.29, 1.82) is 0 Å². The van der Waals surface area contributed by atoms with E-state index in [-0.39, 0.29) is 17.8 Å². The Morgan fingerprint density at radius 3 is 2.62 bits per heavy atom. The zero-order valence-corrected chi connectivity index (χ0v) is 14.0. The standard InChI is InChI=1S/C19H24N4O/c1-15(17-7-3-2-4-8-17)14-18(24)23-19(20)22-11-5-6-16-9-12-21-13-10-16/h2-4,7-10,12-13,15H,5-6,11,14H2,1H3,(H3,20,22,23,24). The van der Waals surface area contributed by atoms with E-state index < -0.39 is 0 Å². The van der Waals surface area contributed by atoms with Gasteiger partial charge in [0.15, 0.2) is 5.96 Å². The summed E-state index contributed by atoms with van der Waals surface area (Å²) in [6.45, 7) is 2.61. The lowest BCUT2D eigenvalue weighted by Crippen LogP contribution is -2.37. The van der Waals surface area contributed by atoms with Gasteiger partial charge in [-0.2, -0.15) is 0 Å². The molecule has 0 aliphatic carbocycles. The fraction of sp³-hybridized carbons (Fsp3) is 0.316. The molecule has 1 aromatic heterocycles. The number of amides is 1. The normalized spacial score (nSPS) is 12.6. The summed E-state index contributed by atoms with van der Waals surface area (Å²) in [5.41, 5.74) is 8.14. The minimum absolute atomic E-state index is 0.110. The molecule has 0 fully saturated rings. The second kappa shape index (κ2) is 9.45. The molecule has 0 radical (unpaired) electrons. The molecule has 0 saturated carbocycles. The van der Waals surface area contributed by atoms with Crippen molar-refractivity contribution in [1.82, 2.24) is 10.3 Å². The zero-order valence-electron chi connectivity index (χ0n) is 14.0. The zero-order chi connectivity index (χ0) is 17.2. The second-order valence-electron chi connectivity index (χ2n) is 5.79. The molecule has 0 aliphatic rings. The van der Waals surface area contributed by atoms with Gasteiger partial charge in [-0.1, -0.05) is 37.3 Å². The third-order valence-electron chi connectivity index (χ3n) is 3.78. The van der Waals surface area contributed by atoms with Gasteiger partial charge in [0.25, 0.3) is 0 Å². The summed E-state index contributed by atoms with van der Waals surface area (Å²) in [5, 5.41) is 2.66. The lowest BCUT2D eigenvalue weighted by Gasteiger charge is -2.11. The number of nitrogens with two attached hydrogens (primary N) is 1. The van der Waals surface area contributed by atoms with Crippen LogP contribution < -0.4 is 11.1 Å². The first-order valence-electron chi connectivity index (χ1n) is 8.19. The van der Waals surface area contributed by atoms with Gasteiger partial charge >= 0.3 is 0 Å². The number of carbonyl (C=O) groups excluding carboxylic acids is 1. The number of hydrogen-bond acceptors (Lipinski definition) is 3. The van der Waals surface area contributed by atoms with Crippen LogP contribution in [0.25, 0.3) is 0 Å². The average molecular weight is 324 g/mol. The highest BCUT2D eigenvalue weighted by Crippen LogP contribution is 2.17. The molecule has 1 heterocycles. The molecule has 1 unspecified atom stereocenters. The fourth-order valence-corrected chi connectivity index (χ4v) is 2.44. The molecule has 2 rings (SSSR count). The second-order valence-corrected chi connectivity index (χ2v) is 5.79. The molecule has 5 heteroatoms. The number of nitrogens with zero attached hydrogens (tertiary/aromatic N) is 2. The summed E-state index contributed by atoms with van der Waals surface area (Å²) in [5.74, 6) is 0.224. The van der Waals surface area contributed by atoms with E-state index in [4.69, 9.17) is 5.73 Å². The molecule has 0 bridgehead atoms. The lowest BCUT2D eigenvalue weighted by atomic mass is 9.98. The van der Waals surface area contributed by atoms with Gasteiger partial charge < -0.3 is 5.73 Å². The maximum Gasteiger partial charge on any atom is 0.227 e. The number of carbonyl (C=O) groups is 1. The minimum atomic E-state index is -0.110. The van der Waals surface area contributed by atoms with Crippen LogP contribution in [0.2, 0.25) is 0 Å². The first-order valence-corrected chi connectivity index (χ1v) is 8.19. The topological polar surface area (TPSA) is 80.4 Å². The molecule has 1 atom stereocenters. The largest absolute Gasteiger partial charge is 0.370 e. The predicted octanol–water partition coefficient (Wildman–Crippen LogP) is 2.64. The highest BCUT2D eigenvalue weighted by Gasteiger charge is 2.11. The molecule has 0 aliphatic heterocycles. The monoisotopic (exact) mass is 324 g/mol. The molecular weight excluding hydrogens is 300 g/mol. The van der Waals surface area contributed by atoms with Crippen molar-refractivity contribution in [2.45, 2.75) is 32.1 Å². The van der Waals surface area contributed by atoms with E-state index in [2.05, 4.69) is 15.3 Å². The van der Waals surface area contributed by atoms with E-state index in [1.54, 1.807) is 12.4 Å². The Bertz CT molecular complexity index is 656. The van der Waals surface area contributed by atoms with E-state index >= 15 is 0 Å². The number of aryl methyl sites for hydroxylation is 1. The molecule has 3 N–H and O–H groups in total. The molecule has 1 amide bonds. The van der Waals surface area contributed by atoms with E-state index in [9.17, 15) is 4.79 Å². The Balaban J connectivity index is 1.70. The third-order valence-corrected chi connectivity index (χ3v) is 3.78. The first kappa shape index (κ1) is 17.7. The van der Waals surface area contributed by atoms with Gasteiger partial charge in [-0.05, 0) is 42.0 Å². The van der Waals surface area contributed by atoms with Crippen molar-refractivity contribution in [2.24, 2.45) is 10.7 Å².